The van der Waals surface area contributed by atoms with Crippen LogP contribution in [0, 0.1) is 0 Å². The molecule has 4 nitrogen and oxygen atoms in total. The van der Waals surface area contributed by atoms with Crippen LogP contribution < -0.4 is 10.5 Å². The fourth-order valence-electron chi connectivity index (χ4n) is 1.23. The summed E-state index contributed by atoms with van der Waals surface area (Å²) in [5.74, 6) is 0.769. The van der Waals surface area contributed by atoms with Crippen molar-refractivity contribution in [1.82, 2.24) is 0 Å². The average molecular weight is 290 g/mol. The van der Waals surface area contributed by atoms with E-state index >= 15 is 0 Å². The summed E-state index contributed by atoms with van der Waals surface area (Å²) in [5.41, 5.74) is 6.20. The Balaban J connectivity index is 2.55. The van der Waals surface area contributed by atoms with Gasteiger partial charge in [0.2, 0.25) is 0 Å². The summed E-state index contributed by atoms with van der Waals surface area (Å²) in [4.78, 5) is 0. The number of rotatable bonds is 6. The molecule has 1 rings (SSSR count). The predicted molar refractivity (Wildman–Crippen MR) is 65.4 cm³/mol. The Hall–Kier alpha value is -0.620. The minimum absolute atomic E-state index is 0.204. The Kier molecular flexibility index (Phi) is 5.76. The van der Waals surface area contributed by atoms with E-state index in [1.165, 1.54) is 0 Å². The van der Waals surface area contributed by atoms with Gasteiger partial charge in [-0.15, -0.1) is 0 Å². The number of aliphatic hydroxyl groups is 1. The van der Waals surface area contributed by atoms with Gasteiger partial charge in [0.15, 0.2) is 0 Å². The fraction of sp³-hybridized carbons (Fsp3) is 0.455. The Labute approximate surface area is 103 Å². The van der Waals surface area contributed by atoms with E-state index in [-0.39, 0.29) is 13.2 Å². The number of aliphatic hydroxyl groups excluding tert-OH is 1. The molecular weight excluding hydrogens is 274 g/mol. The lowest BCUT2D eigenvalue weighted by molar-refractivity contribution is 0.0322. The average Bonchev–Trinajstić information content (AvgIpc) is 2.29. The zero-order chi connectivity index (χ0) is 12.0. The Morgan fingerprint density at radius 1 is 1.50 bits per heavy atom. The molecule has 0 saturated carbocycles. The molecule has 0 aliphatic heterocycles. The topological polar surface area (TPSA) is 64.7 Å². The van der Waals surface area contributed by atoms with Gasteiger partial charge in [0, 0.05) is 16.6 Å². The van der Waals surface area contributed by atoms with Crippen LogP contribution in [0.1, 0.15) is 5.56 Å². The predicted octanol–water partition coefficient (Wildman–Crippen LogP) is 1.29. The van der Waals surface area contributed by atoms with Crippen LogP contribution in [-0.4, -0.2) is 31.5 Å². The lowest BCUT2D eigenvalue weighted by Crippen LogP contribution is -2.25. The van der Waals surface area contributed by atoms with E-state index in [0.29, 0.717) is 6.61 Å². The van der Waals surface area contributed by atoms with Gasteiger partial charge in [-0.2, -0.15) is 0 Å². The van der Waals surface area contributed by atoms with E-state index in [9.17, 15) is 5.11 Å². The molecule has 0 spiro atoms. The van der Waals surface area contributed by atoms with Crippen molar-refractivity contribution >= 4 is 15.9 Å². The van der Waals surface area contributed by atoms with E-state index < -0.39 is 6.10 Å². The zero-order valence-corrected chi connectivity index (χ0v) is 10.7. The van der Waals surface area contributed by atoms with Crippen LogP contribution in [0.15, 0.2) is 22.7 Å². The van der Waals surface area contributed by atoms with Crippen molar-refractivity contribution in [2.75, 3.05) is 20.3 Å². The number of ether oxygens (including phenoxy) is 2. The Morgan fingerprint density at radius 2 is 2.25 bits per heavy atom. The molecule has 0 aromatic heterocycles. The molecule has 90 valence electrons. The molecule has 3 N–H and O–H groups in total. The Bertz CT molecular complexity index is 333. The minimum atomic E-state index is -0.613. The molecule has 5 heteroatoms. The highest BCUT2D eigenvalue weighted by atomic mass is 79.9. The Morgan fingerprint density at radius 3 is 2.88 bits per heavy atom. The summed E-state index contributed by atoms with van der Waals surface area (Å²) in [6.45, 7) is 0.821. The summed E-state index contributed by atoms with van der Waals surface area (Å²) in [6, 6.07) is 5.69. The van der Waals surface area contributed by atoms with Crippen molar-refractivity contribution in [2.24, 2.45) is 5.73 Å². The lowest BCUT2D eigenvalue weighted by Gasteiger charge is -2.11. The molecule has 0 bridgehead atoms. The van der Waals surface area contributed by atoms with E-state index in [2.05, 4.69) is 15.9 Å². The van der Waals surface area contributed by atoms with Crippen LogP contribution in [-0.2, 0) is 11.3 Å². The molecule has 0 aliphatic carbocycles. The van der Waals surface area contributed by atoms with Gasteiger partial charge >= 0.3 is 0 Å². The van der Waals surface area contributed by atoms with Gasteiger partial charge in [0.1, 0.15) is 5.75 Å². The molecule has 0 heterocycles. The van der Waals surface area contributed by atoms with Gasteiger partial charge in [0.25, 0.3) is 0 Å². The summed E-state index contributed by atoms with van der Waals surface area (Å²) in [5, 5.41) is 9.23. The number of benzene rings is 1. The standard InChI is InChI=1S/C11H16BrNO3/c1-15-11-3-2-9(12)4-8(11)6-16-7-10(14)5-13/h2-4,10,14H,5-7,13H2,1H3/t10-/m1/s1. The van der Waals surface area contributed by atoms with Crippen molar-refractivity contribution < 1.29 is 14.6 Å². The zero-order valence-electron chi connectivity index (χ0n) is 9.15. The summed E-state index contributed by atoms with van der Waals surface area (Å²) in [7, 11) is 1.61. The second kappa shape index (κ2) is 6.85. The van der Waals surface area contributed by atoms with Crippen molar-refractivity contribution in [3.05, 3.63) is 28.2 Å². The first-order valence-corrected chi connectivity index (χ1v) is 5.75. The summed E-state index contributed by atoms with van der Waals surface area (Å²) >= 11 is 3.38. The highest BCUT2D eigenvalue weighted by Crippen LogP contribution is 2.23. The van der Waals surface area contributed by atoms with E-state index in [1.807, 2.05) is 18.2 Å². The quantitative estimate of drug-likeness (QED) is 0.828. The first-order chi connectivity index (χ1) is 7.67. The van der Waals surface area contributed by atoms with Crippen LogP contribution in [0.3, 0.4) is 0 Å². The second-order valence-corrected chi connectivity index (χ2v) is 4.28. The van der Waals surface area contributed by atoms with Crippen LogP contribution >= 0.6 is 15.9 Å². The van der Waals surface area contributed by atoms with Gasteiger partial charge in [-0.25, -0.2) is 0 Å². The van der Waals surface area contributed by atoms with Crippen LogP contribution in [0.2, 0.25) is 0 Å². The number of hydrogen-bond acceptors (Lipinski definition) is 4. The first kappa shape index (κ1) is 13.4. The fourth-order valence-corrected chi connectivity index (χ4v) is 1.64. The van der Waals surface area contributed by atoms with Crippen LogP contribution in [0.25, 0.3) is 0 Å². The largest absolute Gasteiger partial charge is 0.496 e. The molecule has 0 amide bonds. The highest BCUT2D eigenvalue weighted by Gasteiger charge is 2.06. The summed E-state index contributed by atoms with van der Waals surface area (Å²) < 4.78 is 11.5. The second-order valence-electron chi connectivity index (χ2n) is 3.36. The van der Waals surface area contributed by atoms with Crippen molar-refractivity contribution in [2.45, 2.75) is 12.7 Å². The van der Waals surface area contributed by atoms with Crippen molar-refractivity contribution in [1.29, 1.82) is 0 Å². The van der Waals surface area contributed by atoms with Crippen molar-refractivity contribution in [3.63, 3.8) is 0 Å². The van der Waals surface area contributed by atoms with Crippen LogP contribution in [0.5, 0.6) is 5.75 Å². The molecule has 0 saturated heterocycles. The number of methoxy groups -OCH3 is 1. The highest BCUT2D eigenvalue weighted by molar-refractivity contribution is 9.10. The third kappa shape index (κ3) is 4.09. The van der Waals surface area contributed by atoms with E-state index in [1.54, 1.807) is 7.11 Å². The maximum Gasteiger partial charge on any atom is 0.124 e. The minimum Gasteiger partial charge on any atom is -0.496 e. The van der Waals surface area contributed by atoms with Gasteiger partial charge in [-0.3, -0.25) is 0 Å². The maximum atomic E-state index is 9.23. The van der Waals surface area contributed by atoms with E-state index in [4.69, 9.17) is 15.2 Å². The van der Waals surface area contributed by atoms with E-state index in [0.717, 1.165) is 15.8 Å². The van der Waals surface area contributed by atoms with Gasteiger partial charge in [0.05, 0.1) is 26.4 Å². The molecule has 0 aliphatic rings. The van der Waals surface area contributed by atoms with Crippen LogP contribution in [0.4, 0.5) is 0 Å². The lowest BCUT2D eigenvalue weighted by atomic mass is 10.2. The third-order valence-corrected chi connectivity index (χ3v) is 2.58. The molecule has 1 aromatic carbocycles. The smallest absolute Gasteiger partial charge is 0.124 e. The van der Waals surface area contributed by atoms with Gasteiger partial charge < -0.3 is 20.3 Å². The van der Waals surface area contributed by atoms with Crippen molar-refractivity contribution in [3.8, 4) is 5.75 Å². The molecular formula is C11H16BrNO3. The molecule has 0 unspecified atom stereocenters. The van der Waals surface area contributed by atoms with Gasteiger partial charge in [-0.05, 0) is 18.2 Å². The summed E-state index contributed by atoms with van der Waals surface area (Å²) in [6.07, 6.45) is -0.613. The molecule has 0 radical (unpaired) electrons. The molecule has 0 fully saturated rings. The monoisotopic (exact) mass is 289 g/mol. The molecule has 1 atom stereocenters. The van der Waals surface area contributed by atoms with Gasteiger partial charge in [-0.1, -0.05) is 15.9 Å². The third-order valence-electron chi connectivity index (χ3n) is 2.08. The molecule has 1 aromatic rings. The normalized spacial score (nSPS) is 12.5. The number of hydrogen-bond donors (Lipinski definition) is 2. The number of nitrogens with two attached hydrogens (primary N) is 1. The maximum absolute atomic E-state index is 9.23. The number of halogens is 1. The molecule has 16 heavy (non-hydrogen) atoms. The SMILES string of the molecule is COc1ccc(Br)cc1COC[C@H](O)CN. The first-order valence-electron chi connectivity index (χ1n) is 4.95.